The maximum Gasteiger partial charge on any atom is 0.387 e. The van der Waals surface area contributed by atoms with Crippen LogP contribution in [-0.4, -0.2) is 23.8 Å². The lowest BCUT2D eigenvalue weighted by atomic mass is 9.96. The zero-order valence-corrected chi connectivity index (χ0v) is 18.6. The summed E-state index contributed by atoms with van der Waals surface area (Å²) < 4.78 is 37.2. The summed E-state index contributed by atoms with van der Waals surface area (Å²) in [4.78, 5) is 31.2. The number of allylic oxidation sites excluding steroid dienone is 1. The van der Waals surface area contributed by atoms with Crippen molar-refractivity contribution in [1.29, 1.82) is 0 Å². The molecule has 0 radical (unpaired) electrons. The fourth-order valence-electron chi connectivity index (χ4n) is 3.69. The molecule has 2 aromatic carbocycles. The molecule has 0 fully saturated rings. The first-order chi connectivity index (χ1) is 15.9. The van der Waals surface area contributed by atoms with Gasteiger partial charge in [-0.2, -0.15) is 8.78 Å². The van der Waals surface area contributed by atoms with Gasteiger partial charge in [0.25, 0.3) is 5.56 Å². The minimum Gasteiger partial charge on any atom is -0.463 e. The number of esters is 1. The second kappa shape index (κ2) is 9.50. The Morgan fingerprint density at radius 2 is 1.88 bits per heavy atom. The van der Waals surface area contributed by atoms with Gasteiger partial charge in [0.05, 0.1) is 28.5 Å². The summed E-state index contributed by atoms with van der Waals surface area (Å²) in [7, 11) is 0. The Balaban J connectivity index is 1.93. The van der Waals surface area contributed by atoms with Gasteiger partial charge in [-0.1, -0.05) is 59.9 Å². The number of aromatic nitrogens is 1. The number of fused-ring (bicyclic) bond motifs is 1. The minimum atomic E-state index is -2.99. The number of halogens is 2. The average molecular weight is 470 g/mol. The van der Waals surface area contributed by atoms with Crippen LogP contribution in [0.5, 0.6) is 5.75 Å². The lowest BCUT2D eigenvalue weighted by Crippen LogP contribution is -2.39. The molecule has 1 aliphatic heterocycles. The number of ether oxygens (including phenoxy) is 2. The number of para-hydroxylation sites is 1. The Kier molecular flexibility index (Phi) is 6.50. The fraction of sp³-hybridized carbons (Fsp3) is 0.208. The van der Waals surface area contributed by atoms with Gasteiger partial charge < -0.3 is 9.47 Å². The van der Waals surface area contributed by atoms with Crippen LogP contribution in [0.4, 0.5) is 8.78 Å². The van der Waals surface area contributed by atoms with Crippen molar-refractivity contribution in [3.05, 3.63) is 96.7 Å². The quantitative estimate of drug-likeness (QED) is 0.518. The predicted octanol–water partition coefficient (Wildman–Crippen LogP) is 3.40. The molecule has 0 saturated carbocycles. The molecule has 1 aliphatic rings. The summed E-state index contributed by atoms with van der Waals surface area (Å²) in [6.45, 7) is 0.598. The fourth-order valence-corrected chi connectivity index (χ4v) is 4.72. The highest BCUT2D eigenvalue weighted by atomic mass is 32.1. The number of thiazole rings is 1. The molecule has 2 heterocycles. The molecule has 0 bridgehead atoms. The van der Waals surface area contributed by atoms with Crippen LogP contribution in [0.25, 0.3) is 6.08 Å². The van der Waals surface area contributed by atoms with Crippen LogP contribution in [-0.2, 0) is 9.53 Å². The third-order valence-corrected chi connectivity index (χ3v) is 6.04. The molecule has 4 rings (SSSR count). The van der Waals surface area contributed by atoms with Gasteiger partial charge in [-0.3, -0.25) is 9.36 Å². The first-order valence-corrected chi connectivity index (χ1v) is 11.0. The van der Waals surface area contributed by atoms with Gasteiger partial charge in [-0.15, -0.1) is 0 Å². The first kappa shape index (κ1) is 22.6. The molecule has 0 spiro atoms. The molecule has 1 aromatic heterocycles. The smallest absolute Gasteiger partial charge is 0.387 e. The van der Waals surface area contributed by atoms with Crippen molar-refractivity contribution in [3.8, 4) is 5.75 Å². The molecule has 0 N–H and O–H groups in total. The Bertz CT molecular complexity index is 1390. The third-order valence-electron chi connectivity index (χ3n) is 5.05. The summed E-state index contributed by atoms with van der Waals surface area (Å²) in [6, 6.07) is 14.6. The molecule has 9 heteroatoms. The second-order valence-electron chi connectivity index (χ2n) is 7.13. The number of hydrogen-bond donors (Lipinski definition) is 0. The average Bonchev–Trinajstić information content (AvgIpc) is 3.09. The molecular weight excluding hydrogens is 450 g/mol. The van der Waals surface area contributed by atoms with Gasteiger partial charge in [0.1, 0.15) is 5.75 Å². The van der Waals surface area contributed by atoms with E-state index >= 15 is 0 Å². The lowest BCUT2D eigenvalue weighted by molar-refractivity contribution is -0.139. The van der Waals surface area contributed by atoms with Crippen LogP contribution in [0.1, 0.15) is 31.0 Å². The molecule has 1 atom stereocenters. The minimum absolute atomic E-state index is 0.0404. The highest BCUT2D eigenvalue weighted by molar-refractivity contribution is 7.07. The van der Waals surface area contributed by atoms with E-state index < -0.39 is 24.2 Å². The normalized spacial score (nSPS) is 15.9. The Morgan fingerprint density at radius 1 is 1.18 bits per heavy atom. The van der Waals surface area contributed by atoms with Gasteiger partial charge in [-0.05, 0) is 31.6 Å². The highest BCUT2D eigenvalue weighted by Gasteiger charge is 2.33. The van der Waals surface area contributed by atoms with Crippen molar-refractivity contribution in [2.45, 2.75) is 26.5 Å². The summed E-state index contributed by atoms with van der Waals surface area (Å²) in [5.74, 6) is -0.584. The SMILES string of the molecule is CCOC(=O)C1=C(C)N=c2s/c(=C\c3ccccc3OC(F)F)c(=O)n2[C@@H]1c1ccccc1. The largest absolute Gasteiger partial charge is 0.463 e. The number of benzene rings is 2. The molecule has 170 valence electrons. The van der Waals surface area contributed by atoms with Gasteiger partial charge in [0.2, 0.25) is 0 Å². The summed E-state index contributed by atoms with van der Waals surface area (Å²) in [5.41, 5.74) is 1.40. The first-order valence-electron chi connectivity index (χ1n) is 10.2. The van der Waals surface area contributed by atoms with E-state index in [0.717, 1.165) is 16.9 Å². The van der Waals surface area contributed by atoms with E-state index in [4.69, 9.17) is 4.74 Å². The number of hydrogen-bond acceptors (Lipinski definition) is 6. The van der Waals surface area contributed by atoms with Crippen molar-refractivity contribution in [2.24, 2.45) is 4.99 Å². The molecule has 0 amide bonds. The Labute approximate surface area is 191 Å². The van der Waals surface area contributed by atoms with E-state index in [1.54, 1.807) is 32.0 Å². The van der Waals surface area contributed by atoms with Gasteiger partial charge in [0.15, 0.2) is 4.80 Å². The lowest BCUT2D eigenvalue weighted by Gasteiger charge is -2.24. The van der Waals surface area contributed by atoms with E-state index in [-0.39, 0.29) is 22.5 Å². The van der Waals surface area contributed by atoms with E-state index in [0.29, 0.717) is 16.1 Å². The van der Waals surface area contributed by atoms with E-state index in [1.165, 1.54) is 16.7 Å². The van der Waals surface area contributed by atoms with Gasteiger partial charge in [0, 0.05) is 5.56 Å². The number of rotatable bonds is 6. The zero-order chi connectivity index (χ0) is 23.5. The van der Waals surface area contributed by atoms with Crippen LogP contribution in [0.3, 0.4) is 0 Å². The van der Waals surface area contributed by atoms with Crippen LogP contribution in [0, 0.1) is 0 Å². The van der Waals surface area contributed by atoms with Crippen molar-refractivity contribution in [3.63, 3.8) is 0 Å². The second-order valence-corrected chi connectivity index (χ2v) is 8.14. The Morgan fingerprint density at radius 3 is 2.58 bits per heavy atom. The molecule has 6 nitrogen and oxygen atoms in total. The van der Waals surface area contributed by atoms with Gasteiger partial charge >= 0.3 is 12.6 Å². The predicted molar refractivity (Wildman–Crippen MR) is 120 cm³/mol. The summed E-state index contributed by atoms with van der Waals surface area (Å²) in [6.07, 6.45) is 1.49. The van der Waals surface area contributed by atoms with E-state index in [9.17, 15) is 18.4 Å². The Hall–Kier alpha value is -3.59. The zero-order valence-electron chi connectivity index (χ0n) is 17.8. The van der Waals surface area contributed by atoms with Crippen molar-refractivity contribution >= 4 is 23.4 Å². The molecule has 3 aromatic rings. The maximum absolute atomic E-state index is 13.5. The monoisotopic (exact) mass is 470 g/mol. The molecule has 0 unspecified atom stereocenters. The third kappa shape index (κ3) is 4.49. The summed E-state index contributed by atoms with van der Waals surface area (Å²) >= 11 is 1.11. The standard InChI is InChI=1S/C24H20F2N2O4S/c1-3-31-22(30)19-14(2)27-24-28(20(19)15-9-5-4-6-10-15)21(29)18(33-24)13-16-11-7-8-12-17(16)32-23(25)26/h4-13,20,23H,3H2,1-2H3/b18-13-/t20-/m1/s1. The van der Waals surface area contributed by atoms with Crippen molar-refractivity contribution in [1.82, 2.24) is 4.57 Å². The number of carbonyl (C=O) groups is 1. The highest BCUT2D eigenvalue weighted by Crippen LogP contribution is 2.30. The van der Waals surface area contributed by atoms with Crippen LogP contribution in [0.2, 0.25) is 0 Å². The number of nitrogens with zero attached hydrogens (tertiary/aromatic N) is 2. The molecule has 0 aliphatic carbocycles. The van der Waals surface area contributed by atoms with Crippen molar-refractivity contribution < 1.29 is 23.0 Å². The van der Waals surface area contributed by atoms with Crippen molar-refractivity contribution in [2.75, 3.05) is 6.61 Å². The van der Waals surface area contributed by atoms with Crippen LogP contribution in [0.15, 0.2) is 75.7 Å². The van der Waals surface area contributed by atoms with E-state index in [2.05, 4.69) is 9.73 Å². The molecular formula is C24H20F2N2O4S. The number of carbonyl (C=O) groups excluding carboxylic acids is 1. The van der Waals surface area contributed by atoms with Crippen LogP contribution < -0.4 is 19.6 Å². The number of alkyl halides is 2. The molecule has 0 saturated heterocycles. The maximum atomic E-state index is 13.5. The molecule has 33 heavy (non-hydrogen) atoms. The van der Waals surface area contributed by atoms with Gasteiger partial charge in [-0.25, -0.2) is 9.79 Å². The van der Waals surface area contributed by atoms with E-state index in [1.807, 2.05) is 30.3 Å². The topological polar surface area (TPSA) is 69.9 Å². The van der Waals surface area contributed by atoms with Crippen LogP contribution >= 0.6 is 11.3 Å². The summed E-state index contributed by atoms with van der Waals surface area (Å²) in [5, 5.41) is 0.